The average Bonchev–Trinajstić information content (AvgIpc) is 3.13. The second-order valence-electron chi connectivity index (χ2n) is 5.92. The van der Waals surface area contributed by atoms with E-state index in [-0.39, 0.29) is 35.7 Å². The van der Waals surface area contributed by atoms with E-state index in [0.717, 1.165) is 18.0 Å². The van der Waals surface area contributed by atoms with Crippen molar-refractivity contribution in [2.24, 2.45) is 4.99 Å². The third-order valence-corrected chi connectivity index (χ3v) is 4.93. The molecule has 2 aromatic rings. The van der Waals surface area contributed by atoms with Crippen molar-refractivity contribution in [3.63, 3.8) is 0 Å². The van der Waals surface area contributed by atoms with Crippen molar-refractivity contribution in [2.45, 2.75) is 33.7 Å². The summed E-state index contributed by atoms with van der Waals surface area (Å²) in [5, 5.41) is 10.1. The summed E-state index contributed by atoms with van der Waals surface area (Å²) in [5.74, 6) is -0.00958. The average molecular weight is 519 g/mol. The Morgan fingerprint density at radius 1 is 1.21 bits per heavy atom. The van der Waals surface area contributed by atoms with Gasteiger partial charge < -0.3 is 16.0 Å². The van der Waals surface area contributed by atoms with Crippen LogP contribution in [0.5, 0.6) is 0 Å². The van der Waals surface area contributed by atoms with E-state index in [1.165, 1.54) is 10.9 Å². The standard InChI is InChI=1S/C19H26FN5OS.HI/c1-4-15-11-24-17(27-15)12-25-19(21-5-2)23-9-8-22-18(26)14-7-6-13(3)16(20)10-14;/h6-7,10-11H,4-5,8-9,12H2,1-3H3,(H,22,26)(H2,21,23,25);1H. The molecule has 1 aromatic carbocycles. The molecule has 0 radical (unpaired) electrons. The third-order valence-electron chi connectivity index (χ3n) is 3.80. The summed E-state index contributed by atoms with van der Waals surface area (Å²) in [5.41, 5.74) is 0.833. The lowest BCUT2D eigenvalue weighted by atomic mass is 10.1. The predicted molar refractivity (Wildman–Crippen MR) is 123 cm³/mol. The van der Waals surface area contributed by atoms with E-state index in [9.17, 15) is 9.18 Å². The number of thiazole rings is 1. The lowest BCUT2D eigenvalue weighted by Gasteiger charge is -2.11. The number of aliphatic imine (C=N–C) groups is 1. The Labute approximate surface area is 186 Å². The van der Waals surface area contributed by atoms with Crippen LogP contribution in [0, 0.1) is 12.7 Å². The van der Waals surface area contributed by atoms with Gasteiger partial charge in [-0.1, -0.05) is 13.0 Å². The quantitative estimate of drug-likeness (QED) is 0.217. The Morgan fingerprint density at radius 2 is 1.96 bits per heavy atom. The van der Waals surface area contributed by atoms with Crippen molar-refractivity contribution >= 4 is 47.2 Å². The van der Waals surface area contributed by atoms with Gasteiger partial charge in [-0.15, -0.1) is 35.3 Å². The smallest absolute Gasteiger partial charge is 0.251 e. The van der Waals surface area contributed by atoms with Crippen molar-refractivity contribution in [1.29, 1.82) is 0 Å². The number of benzene rings is 1. The monoisotopic (exact) mass is 519 g/mol. The number of halogens is 2. The van der Waals surface area contributed by atoms with Crippen LogP contribution in [0.2, 0.25) is 0 Å². The molecule has 0 atom stereocenters. The molecule has 0 aliphatic carbocycles. The van der Waals surface area contributed by atoms with Gasteiger partial charge in [0.1, 0.15) is 10.8 Å². The first-order valence-electron chi connectivity index (χ1n) is 9.03. The SMILES string of the molecule is CCNC(=NCc1ncc(CC)s1)NCCNC(=O)c1ccc(C)c(F)c1.I. The van der Waals surface area contributed by atoms with Crippen molar-refractivity contribution in [1.82, 2.24) is 20.9 Å². The number of hydrogen-bond donors (Lipinski definition) is 3. The van der Waals surface area contributed by atoms with Crippen LogP contribution in [0.15, 0.2) is 29.4 Å². The maximum absolute atomic E-state index is 13.5. The molecule has 0 aliphatic rings. The third kappa shape index (κ3) is 7.70. The fourth-order valence-electron chi connectivity index (χ4n) is 2.27. The summed E-state index contributed by atoms with van der Waals surface area (Å²) in [6, 6.07) is 4.47. The molecule has 6 nitrogen and oxygen atoms in total. The summed E-state index contributed by atoms with van der Waals surface area (Å²) in [6.45, 7) is 7.90. The number of hydrogen-bond acceptors (Lipinski definition) is 4. The number of guanidine groups is 1. The molecule has 2 rings (SSSR count). The first kappa shape index (κ1) is 24.3. The molecule has 3 N–H and O–H groups in total. The van der Waals surface area contributed by atoms with Gasteiger partial charge in [-0.2, -0.15) is 0 Å². The number of amides is 1. The van der Waals surface area contributed by atoms with Crippen molar-refractivity contribution in [3.05, 3.63) is 51.2 Å². The molecule has 0 spiro atoms. The second kappa shape index (κ2) is 12.7. The van der Waals surface area contributed by atoms with E-state index in [0.29, 0.717) is 36.7 Å². The zero-order valence-electron chi connectivity index (χ0n) is 16.3. The summed E-state index contributed by atoms with van der Waals surface area (Å²) in [6.07, 6.45) is 2.86. The van der Waals surface area contributed by atoms with Crippen LogP contribution in [-0.4, -0.2) is 36.5 Å². The van der Waals surface area contributed by atoms with Gasteiger partial charge in [0.15, 0.2) is 5.96 Å². The summed E-state index contributed by atoms with van der Waals surface area (Å²) >= 11 is 1.66. The summed E-state index contributed by atoms with van der Waals surface area (Å²) < 4.78 is 13.5. The highest BCUT2D eigenvalue weighted by Gasteiger charge is 2.07. The van der Waals surface area contributed by atoms with Crippen molar-refractivity contribution < 1.29 is 9.18 Å². The zero-order chi connectivity index (χ0) is 19.6. The van der Waals surface area contributed by atoms with E-state index in [2.05, 4.69) is 32.9 Å². The fraction of sp³-hybridized carbons (Fsp3) is 0.421. The first-order valence-corrected chi connectivity index (χ1v) is 9.85. The Hall–Kier alpha value is -1.75. The van der Waals surface area contributed by atoms with E-state index >= 15 is 0 Å². The number of nitrogens with zero attached hydrogens (tertiary/aromatic N) is 2. The predicted octanol–water partition coefficient (Wildman–Crippen LogP) is 3.26. The Bertz CT molecular complexity index is 796. The Morgan fingerprint density at radius 3 is 2.61 bits per heavy atom. The number of rotatable bonds is 8. The number of nitrogens with one attached hydrogen (secondary N) is 3. The van der Waals surface area contributed by atoms with Crippen LogP contribution in [-0.2, 0) is 13.0 Å². The van der Waals surface area contributed by atoms with E-state index in [1.54, 1.807) is 30.4 Å². The molecule has 1 aromatic heterocycles. The molecule has 0 fully saturated rings. The van der Waals surface area contributed by atoms with Gasteiger partial charge in [0.05, 0.1) is 6.54 Å². The molecule has 0 saturated carbocycles. The van der Waals surface area contributed by atoms with Crippen LogP contribution >= 0.6 is 35.3 Å². The van der Waals surface area contributed by atoms with Crippen LogP contribution in [0.3, 0.4) is 0 Å². The largest absolute Gasteiger partial charge is 0.357 e. The molecular formula is C19H27FIN5OS. The highest BCUT2D eigenvalue weighted by Crippen LogP contribution is 2.14. The molecule has 0 unspecified atom stereocenters. The topological polar surface area (TPSA) is 78.4 Å². The van der Waals surface area contributed by atoms with E-state index in [1.807, 2.05) is 13.1 Å². The van der Waals surface area contributed by atoms with Crippen molar-refractivity contribution in [3.8, 4) is 0 Å². The lowest BCUT2D eigenvalue weighted by Crippen LogP contribution is -2.41. The molecule has 1 amide bonds. The highest BCUT2D eigenvalue weighted by atomic mass is 127. The molecule has 9 heteroatoms. The minimum absolute atomic E-state index is 0. The van der Waals surface area contributed by atoms with Gasteiger partial charge in [0.25, 0.3) is 5.91 Å². The maximum Gasteiger partial charge on any atom is 0.251 e. The minimum Gasteiger partial charge on any atom is -0.357 e. The fourth-order valence-corrected chi connectivity index (χ4v) is 3.05. The number of aryl methyl sites for hydroxylation is 2. The first-order chi connectivity index (χ1) is 13.0. The van der Waals surface area contributed by atoms with Gasteiger partial charge >= 0.3 is 0 Å². The number of carbonyl (C=O) groups excluding carboxylic acids is 1. The highest BCUT2D eigenvalue weighted by molar-refractivity contribution is 14.0. The van der Waals surface area contributed by atoms with Gasteiger partial charge in [0, 0.05) is 36.3 Å². The maximum atomic E-state index is 13.5. The molecule has 0 saturated heterocycles. The second-order valence-corrected chi connectivity index (χ2v) is 7.12. The summed E-state index contributed by atoms with van der Waals surface area (Å²) in [7, 11) is 0. The van der Waals surface area contributed by atoms with Gasteiger partial charge in [0.2, 0.25) is 0 Å². The van der Waals surface area contributed by atoms with Crippen LogP contribution in [0.1, 0.15) is 39.7 Å². The van der Waals surface area contributed by atoms with Crippen molar-refractivity contribution in [2.75, 3.05) is 19.6 Å². The van der Waals surface area contributed by atoms with Crippen LogP contribution in [0.4, 0.5) is 4.39 Å². The van der Waals surface area contributed by atoms with E-state index < -0.39 is 0 Å². The molecule has 0 aliphatic heterocycles. The van der Waals surface area contributed by atoms with Crippen LogP contribution in [0.25, 0.3) is 0 Å². The Balaban J connectivity index is 0.00000392. The number of aromatic nitrogens is 1. The zero-order valence-corrected chi connectivity index (χ0v) is 19.5. The van der Waals surface area contributed by atoms with Crippen LogP contribution < -0.4 is 16.0 Å². The van der Waals surface area contributed by atoms with E-state index in [4.69, 9.17) is 0 Å². The Kier molecular flexibility index (Phi) is 11.0. The molecule has 154 valence electrons. The molecule has 28 heavy (non-hydrogen) atoms. The van der Waals surface area contributed by atoms with Gasteiger partial charge in [-0.05, 0) is 38.0 Å². The van der Waals surface area contributed by atoms with Gasteiger partial charge in [-0.25, -0.2) is 14.4 Å². The van der Waals surface area contributed by atoms with Gasteiger partial charge in [-0.3, -0.25) is 4.79 Å². The lowest BCUT2D eigenvalue weighted by molar-refractivity contribution is 0.0954. The summed E-state index contributed by atoms with van der Waals surface area (Å²) in [4.78, 5) is 22.2. The normalized spacial score (nSPS) is 10.9. The molecule has 0 bridgehead atoms. The number of carbonyl (C=O) groups is 1. The minimum atomic E-state index is -0.379. The molecular weight excluding hydrogens is 492 g/mol. The molecule has 1 heterocycles.